The van der Waals surface area contributed by atoms with Gasteiger partial charge in [-0.05, 0) is 36.4 Å². The minimum Gasteiger partial charge on any atom is -0.481 e. The van der Waals surface area contributed by atoms with E-state index in [1.165, 1.54) is 12.1 Å². The summed E-state index contributed by atoms with van der Waals surface area (Å²) >= 11 is 1.57. The van der Waals surface area contributed by atoms with Crippen molar-refractivity contribution in [2.24, 2.45) is 0 Å². The molecule has 6 nitrogen and oxygen atoms in total. The molecule has 27 heavy (non-hydrogen) atoms. The fourth-order valence-corrected chi connectivity index (χ4v) is 3.73. The van der Waals surface area contributed by atoms with Gasteiger partial charge in [-0.2, -0.15) is 11.3 Å². The average Bonchev–Trinajstić information content (AvgIpc) is 3.39. The summed E-state index contributed by atoms with van der Waals surface area (Å²) in [4.78, 5) is 14.2. The standard InChI is InChI=1S/C19H18FN3O3S/c20-15-5-1-2-6-16(15)25-11-17(24)23-8-3-4-13(10-23)18-21-22-19(26-18)14-7-9-27-12-14/h1-2,5-7,9,12-13H,3-4,8,10-11H2/t13-/m1/s1. The van der Waals surface area contributed by atoms with E-state index in [4.69, 9.17) is 9.15 Å². The number of benzene rings is 1. The Morgan fingerprint density at radius 2 is 2.22 bits per heavy atom. The van der Waals surface area contributed by atoms with Gasteiger partial charge in [0.1, 0.15) is 0 Å². The van der Waals surface area contributed by atoms with Gasteiger partial charge >= 0.3 is 0 Å². The quantitative estimate of drug-likeness (QED) is 0.667. The van der Waals surface area contributed by atoms with E-state index in [1.807, 2.05) is 16.8 Å². The van der Waals surface area contributed by atoms with Gasteiger partial charge in [0.05, 0.1) is 5.92 Å². The number of carbonyl (C=O) groups is 1. The predicted octanol–water partition coefficient (Wildman–Crippen LogP) is 3.72. The van der Waals surface area contributed by atoms with Crippen molar-refractivity contribution < 1.29 is 18.3 Å². The number of piperidine rings is 1. The third kappa shape index (κ3) is 4.00. The minimum absolute atomic E-state index is 0.00366. The Bertz CT molecular complexity index is 913. The number of ether oxygens (including phenoxy) is 1. The Labute approximate surface area is 159 Å². The van der Waals surface area contributed by atoms with Gasteiger partial charge in [0.25, 0.3) is 5.91 Å². The first-order valence-electron chi connectivity index (χ1n) is 8.72. The maximum Gasteiger partial charge on any atom is 0.260 e. The molecule has 0 unspecified atom stereocenters. The number of amides is 1. The summed E-state index contributed by atoms with van der Waals surface area (Å²) in [5.74, 6) is 0.461. The summed E-state index contributed by atoms with van der Waals surface area (Å²) < 4.78 is 24.7. The molecule has 1 fully saturated rings. The molecule has 140 valence electrons. The van der Waals surface area contributed by atoms with Gasteiger partial charge in [0, 0.05) is 24.0 Å². The van der Waals surface area contributed by atoms with Crippen molar-refractivity contribution in [2.75, 3.05) is 19.7 Å². The number of rotatable bonds is 5. The smallest absolute Gasteiger partial charge is 0.260 e. The number of halogens is 1. The Morgan fingerprint density at radius 3 is 3.04 bits per heavy atom. The van der Waals surface area contributed by atoms with Crippen molar-refractivity contribution in [1.29, 1.82) is 0 Å². The van der Waals surface area contributed by atoms with Crippen molar-refractivity contribution in [3.05, 3.63) is 52.8 Å². The van der Waals surface area contributed by atoms with Crippen molar-refractivity contribution in [3.8, 4) is 17.2 Å². The molecule has 0 radical (unpaired) electrons. The average molecular weight is 387 g/mol. The van der Waals surface area contributed by atoms with E-state index in [0.29, 0.717) is 24.9 Å². The summed E-state index contributed by atoms with van der Waals surface area (Å²) in [6, 6.07) is 7.98. The number of aromatic nitrogens is 2. The van der Waals surface area contributed by atoms with Crippen molar-refractivity contribution in [1.82, 2.24) is 15.1 Å². The van der Waals surface area contributed by atoms with Gasteiger partial charge in [-0.3, -0.25) is 4.79 Å². The molecule has 1 saturated heterocycles. The molecule has 3 heterocycles. The zero-order chi connectivity index (χ0) is 18.6. The molecule has 1 aliphatic heterocycles. The van der Waals surface area contributed by atoms with Crippen LogP contribution in [-0.2, 0) is 4.79 Å². The Balaban J connectivity index is 1.38. The Hall–Kier alpha value is -2.74. The van der Waals surface area contributed by atoms with Crippen LogP contribution in [0.2, 0.25) is 0 Å². The number of hydrogen-bond acceptors (Lipinski definition) is 6. The lowest BCUT2D eigenvalue weighted by atomic mass is 9.98. The lowest BCUT2D eigenvalue weighted by Crippen LogP contribution is -2.41. The maximum atomic E-state index is 13.6. The zero-order valence-corrected chi connectivity index (χ0v) is 15.3. The van der Waals surface area contributed by atoms with Gasteiger partial charge in [0.15, 0.2) is 18.2 Å². The lowest BCUT2D eigenvalue weighted by Gasteiger charge is -2.31. The highest BCUT2D eigenvalue weighted by Crippen LogP contribution is 2.29. The fourth-order valence-electron chi connectivity index (χ4n) is 3.10. The number of thiophene rings is 1. The van der Waals surface area contributed by atoms with Gasteiger partial charge in [0.2, 0.25) is 11.8 Å². The van der Waals surface area contributed by atoms with E-state index in [2.05, 4.69) is 10.2 Å². The Kier molecular flexibility index (Phi) is 5.15. The topological polar surface area (TPSA) is 68.5 Å². The van der Waals surface area contributed by atoms with Crippen LogP contribution in [-0.4, -0.2) is 40.7 Å². The van der Waals surface area contributed by atoms with Crippen LogP contribution < -0.4 is 4.74 Å². The van der Waals surface area contributed by atoms with Gasteiger partial charge in [-0.25, -0.2) is 4.39 Å². The van der Waals surface area contributed by atoms with Crippen LogP contribution >= 0.6 is 11.3 Å². The van der Waals surface area contributed by atoms with Crippen LogP contribution in [0.4, 0.5) is 4.39 Å². The third-order valence-corrected chi connectivity index (χ3v) is 5.20. The van der Waals surface area contributed by atoms with Crippen molar-refractivity contribution in [2.45, 2.75) is 18.8 Å². The number of nitrogens with zero attached hydrogens (tertiary/aromatic N) is 3. The normalized spacial score (nSPS) is 17.1. The second-order valence-electron chi connectivity index (χ2n) is 6.36. The molecule has 0 N–H and O–H groups in total. The number of likely N-dealkylation sites (tertiary alicyclic amines) is 1. The van der Waals surface area contributed by atoms with Gasteiger partial charge in [-0.1, -0.05) is 12.1 Å². The molecule has 0 aliphatic carbocycles. The van der Waals surface area contributed by atoms with E-state index in [1.54, 1.807) is 28.4 Å². The number of hydrogen-bond donors (Lipinski definition) is 0. The van der Waals surface area contributed by atoms with E-state index in [0.717, 1.165) is 18.4 Å². The largest absolute Gasteiger partial charge is 0.481 e. The van der Waals surface area contributed by atoms with E-state index >= 15 is 0 Å². The minimum atomic E-state index is -0.478. The molecule has 0 saturated carbocycles. The summed E-state index contributed by atoms with van der Waals surface area (Å²) in [6.07, 6.45) is 1.72. The van der Waals surface area contributed by atoms with Crippen LogP contribution in [0.5, 0.6) is 5.75 Å². The molecular weight excluding hydrogens is 369 g/mol. The summed E-state index contributed by atoms with van der Waals surface area (Å²) in [6.45, 7) is 0.934. The molecule has 8 heteroatoms. The summed E-state index contributed by atoms with van der Waals surface area (Å²) in [5, 5.41) is 12.2. The van der Waals surface area contributed by atoms with Crippen molar-refractivity contribution in [3.63, 3.8) is 0 Å². The molecule has 1 atom stereocenters. The summed E-state index contributed by atoms with van der Waals surface area (Å²) in [5.41, 5.74) is 0.903. The monoisotopic (exact) mass is 387 g/mol. The number of para-hydroxylation sites is 1. The van der Waals surface area contributed by atoms with Crippen LogP contribution in [0, 0.1) is 5.82 Å². The molecule has 0 bridgehead atoms. The molecular formula is C19H18FN3O3S. The maximum absolute atomic E-state index is 13.6. The van der Waals surface area contributed by atoms with Gasteiger partial charge < -0.3 is 14.1 Å². The lowest BCUT2D eigenvalue weighted by molar-refractivity contribution is -0.134. The van der Waals surface area contributed by atoms with Gasteiger partial charge in [-0.15, -0.1) is 10.2 Å². The first-order chi connectivity index (χ1) is 13.2. The molecule has 1 aromatic carbocycles. The SMILES string of the molecule is O=C(COc1ccccc1F)N1CCC[C@@H](c2nnc(-c3ccsc3)o2)C1. The first kappa shape index (κ1) is 17.7. The van der Waals surface area contributed by atoms with E-state index in [9.17, 15) is 9.18 Å². The number of carbonyl (C=O) groups excluding carboxylic acids is 1. The van der Waals surface area contributed by atoms with Crippen LogP contribution in [0.3, 0.4) is 0 Å². The summed E-state index contributed by atoms with van der Waals surface area (Å²) in [7, 11) is 0. The molecule has 0 spiro atoms. The second-order valence-corrected chi connectivity index (χ2v) is 7.14. The first-order valence-corrected chi connectivity index (χ1v) is 9.66. The fraction of sp³-hybridized carbons (Fsp3) is 0.316. The highest BCUT2D eigenvalue weighted by Gasteiger charge is 2.29. The van der Waals surface area contributed by atoms with E-state index < -0.39 is 5.82 Å². The third-order valence-electron chi connectivity index (χ3n) is 4.52. The zero-order valence-electron chi connectivity index (χ0n) is 14.5. The van der Waals surface area contributed by atoms with Crippen LogP contribution in [0.25, 0.3) is 11.5 Å². The molecule has 1 aliphatic rings. The molecule has 2 aromatic heterocycles. The predicted molar refractivity (Wildman–Crippen MR) is 98.1 cm³/mol. The van der Waals surface area contributed by atoms with E-state index in [-0.39, 0.29) is 24.2 Å². The highest BCUT2D eigenvalue weighted by molar-refractivity contribution is 7.08. The second kappa shape index (κ2) is 7.87. The van der Waals surface area contributed by atoms with Crippen molar-refractivity contribution >= 4 is 17.2 Å². The highest BCUT2D eigenvalue weighted by atomic mass is 32.1. The van der Waals surface area contributed by atoms with Crippen LogP contribution in [0.15, 0.2) is 45.5 Å². The molecule has 3 aromatic rings. The molecule has 1 amide bonds. The Morgan fingerprint density at radius 1 is 1.33 bits per heavy atom. The molecule has 4 rings (SSSR count). The van der Waals surface area contributed by atoms with Crippen LogP contribution in [0.1, 0.15) is 24.7 Å².